The average Bonchev–Trinajstić information content (AvgIpc) is 3.96. The van der Waals surface area contributed by atoms with Crippen LogP contribution in [0.25, 0.3) is 51.5 Å². The number of nitrogens with one attached hydrogen (secondary N) is 1. The van der Waals surface area contributed by atoms with Crippen LogP contribution in [0.15, 0.2) is 192 Å². The van der Waals surface area contributed by atoms with Crippen molar-refractivity contribution in [1.82, 2.24) is 5.32 Å². The Morgan fingerprint density at radius 3 is 1.96 bits per heavy atom. The molecule has 4 heterocycles. The molecule has 0 bridgehead atoms. The van der Waals surface area contributed by atoms with Crippen LogP contribution in [-0.4, -0.2) is 17.7 Å². The maximum atomic E-state index is 5.23. The predicted octanol–water partition coefficient (Wildman–Crippen LogP) is 13.3. The molecule has 270 valence electrons. The molecule has 57 heavy (non-hydrogen) atoms. The van der Waals surface area contributed by atoms with Crippen molar-refractivity contribution < 1.29 is 0 Å². The Morgan fingerprint density at radius 1 is 0.491 bits per heavy atom. The lowest BCUT2D eigenvalue weighted by atomic mass is 9.91. The van der Waals surface area contributed by atoms with E-state index in [0.29, 0.717) is 5.92 Å². The van der Waals surface area contributed by atoms with Crippen molar-refractivity contribution in [2.75, 3.05) is 4.90 Å². The summed E-state index contributed by atoms with van der Waals surface area (Å²) >= 11 is 3.73. The lowest BCUT2D eigenvalue weighted by Gasteiger charge is -2.29. The number of nitrogens with zero attached hydrogens (tertiary/aromatic N) is 3. The summed E-state index contributed by atoms with van der Waals surface area (Å²) in [6.07, 6.45) is 8.75. The van der Waals surface area contributed by atoms with Gasteiger partial charge in [0.2, 0.25) is 0 Å². The van der Waals surface area contributed by atoms with Crippen LogP contribution in [0.1, 0.15) is 34.3 Å². The maximum Gasteiger partial charge on any atom is 0.171 e. The highest BCUT2D eigenvalue weighted by molar-refractivity contribution is 7.26. The fraction of sp³-hybridized carbons (Fsp3) is 0.0588. The molecular weight excluding hydrogens is 733 g/mol. The number of anilines is 2. The Kier molecular flexibility index (Phi) is 7.43. The molecule has 0 saturated carbocycles. The summed E-state index contributed by atoms with van der Waals surface area (Å²) in [5.41, 5.74) is 9.64. The lowest BCUT2D eigenvalue weighted by molar-refractivity contribution is 0.746. The van der Waals surface area contributed by atoms with Crippen molar-refractivity contribution in [3.8, 4) is 11.1 Å². The lowest BCUT2D eigenvalue weighted by Crippen LogP contribution is -2.36. The number of benzene rings is 7. The van der Waals surface area contributed by atoms with Crippen LogP contribution >= 0.6 is 22.7 Å². The molecule has 3 aliphatic rings. The quantitative estimate of drug-likeness (QED) is 0.189. The number of thiophene rings is 2. The first-order valence-corrected chi connectivity index (χ1v) is 21.1. The Hall–Kier alpha value is -6.60. The Bertz CT molecular complexity index is 3130. The van der Waals surface area contributed by atoms with Gasteiger partial charge in [0, 0.05) is 68.6 Å². The molecule has 2 unspecified atom stereocenters. The number of hydrogen-bond acceptors (Lipinski definition) is 6. The van der Waals surface area contributed by atoms with E-state index in [1.165, 1.54) is 68.4 Å². The van der Waals surface area contributed by atoms with Crippen LogP contribution in [0.4, 0.5) is 11.4 Å². The topological polar surface area (TPSA) is 40.0 Å². The van der Waals surface area contributed by atoms with Crippen LogP contribution in [0.3, 0.4) is 0 Å². The van der Waals surface area contributed by atoms with Gasteiger partial charge in [-0.15, -0.1) is 22.7 Å². The van der Waals surface area contributed by atoms with Crippen molar-refractivity contribution in [1.29, 1.82) is 0 Å². The van der Waals surface area contributed by atoms with Crippen molar-refractivity contribution in [2.45, 2.75) is 18.1 Å². The zero-order valence-corrected chi connectivity index (χ0v) is 32.3. The fourth-order valence-corrected chi connectivity index (χ4v) is 11.5. The first-order chi connectivity index (χ1) is 28.3. The maximum absolute atomic E-state index is 5.23. The molecule has 12 rings (SSSR count). The zero-order chi connectivity index (χ0) is 37.5. The molecular formula is C51H34N4S2. The Morgan fingerprint density at radius 2 is 1.16 bits per heavy atom. The number of rotatable bonds is 5. The molecule has 0 fully saturated rings. The fourth-order valence-electron chi connectivity index (χ4n) is 9.12. The van der Waals surface area contributed by atoms with E-state index in [1.807, 2.05) is 34.8 Å². The summed E-state index contributed by atoms with van der Waals surface area (Å²) in [6.45, 7) is 0. The predicted molar refractivity (Wildman–Crippen MR) is 243 cm³/mol. The van der Waals surface area contributed by atoms with Gasteiger partial charge >= 0.3 is 0 Å². The molecule has 1 N–H and O–H groups in total. The molecule has 1 aliphatic carbocycles. The summed E-state index contributed by atoms with van der Waals surface area (Å²) in [7, 11) is 0. The van der Waals surface area contributed by atoms with Crippen molar-refractivity contribution in [3.63, 3.8) is 0 Å². The van der Waals surface area contributed by atoms with Gasteiger partial charge in [-0.3, -0.25) is 0 Å². The van der Waals surface area contributed by atoms with Gasteiger partial charge in [-0.1, -0.05) is 146 Å². The summed E-state index contributed by atoms with van der Waals surface area (Å²) in [5, 5.41) is 8.69. The number of hydrogen-bond donors (Lipinski definition) is 1. The number of allylic oxidation sites excluding steroid dienone is 2. The van der Waals surface area contributed by atoms with Gasteiger partial charge in [0.1, 0.15) is 11.7 Å². The highest BCUT2D eigenvalue weighted by atomic mass is 32.1. The summed E-state index contributed by atoms with van der Waals surface area (Å²) < 4.78 is 5.10. The largest absolute Gasteiger partial charge is 0.333 e. The monoisotopic (exact) mass is 766 g/mol. The Balaban J connectivity index is 1.01. The van der Waals surface area contributed by atoms with Gasteiger partial charge < -0.3 is 10.2 Å². The molecule has 9 aromatic rings. The number of aliphatic imine (C=N–C) groups is 2. The van der Waals surface area contributed by atoms with Gasteiger partial charge in [-0.2, -0.15) is 0 Å². The molecule has 4 nitrogen and oxygen atoms in total. The van der Waals surface area contributed by atoms with Crippen molar-refractivity contribution in [2.24, 2.45) is 9.98 Å². The number of fused-ring (bicyclic) bond motifs is 9. The minimum Gasteiger partial charge on any atom is -0.333 e. The van der Waals surface area contributed by atoms with E-state index >= 15 is 0 Å². The van der Waals surface area contributed by atoms with E-state index in [1.54, 1.807) is 0 Å². The van der Waals surface area contributed by atoms with Crippen molar-refractivity contribution in [3.05, 3.63) is 204 Å². The summed E-state index contributed by atoms with van der Waals surface area (Å²) in [6, 6.07) is 57.2. The molecule has 0 amide bonds. The standard InChI is InChI=1S/C51H34N4S2/c1-3-14-31(15-4-1)49-52-50(32-16-5-2-6-17-32)54-51(53-49)38-22-11-21-37-39-30-33(28-29-43(39)57-48(37)38)34-20-12-26-44-46(34)47-42(25-13-27-45(47)56-44)55-40-23-9-7-18-35(40)36-19-8-10-24-41(36)55/h1-30,35,40,51H,(H,52,53,54). The smallest absolute Gasteiger partial charge is 0.171 e. The third kappa shape index (κ3) is 5.18. The van der Waals surface area contributed by atoms with E-state index in [0.717, 1.165) is 28.4 Å². The van der Waals surface area contributed by atoms with Crippen molar-refractivity contribution >= 4 is 86.1 Å². The molecule has 2 aliphatic heterocycles. The summed E-state index contributed by atoms with van der Waals surface area (Å²) in [4.78, 5) is 13.1. The second kappa shape index (κ2) is 13.0. The van der Waals surface area contributed by atoms with Gasteiger partial charge in [-0.25, -0.2) is 9.98 Å². The first-order valence-electron chi connectivity index (χ1n) is 19.4. The second-order valence-corrected chi connectivity index (χ2v) is 17.0. The molecule has 0 radical (unpaired) electrons. The SMILES string of the molecule is C1=CC2c3ccccc3N(c3cccc4sc5cccc(-c6ccc7sc8c(C9N=C(c%10ccccc%10)NC(c%10ccccc%10)=N9)cccc8c7c6)c5c34)C2C=C1. The van der Waals surface area contributed by atoms with Crippen LogP contribution < -0.4 is 10.2 Å². The van der Waals surface area contributed by atoms with Crippen LogP contribution in [0, 0.1) is 0 Å². The Labute approximate surface area is 338 Å². The minimum atomic E-state index is -0.387. The van der Waals surface area contributed by atoms with Crippen LogP contribution in [0.5, 0.6) is 0 Å². The molecule has 6 heteroatoms. The second-order valence-electron chi connectivity index (χ2n) is 14.9. The molecule has 2 atom stereocenters. The average molecular weight is 767 g/mol. The highest BCUT2D eigenvalue weighted by Crippen LogP contribution is 2.52. The van der Waals surface area contributed by atoms with E-state index in [2.05, 4.69) is 180 Å². The minimum absolute atomic E-state index is 0.240. The van der Waals surface area contributed by atoms with E-state index in [4.69, 9.17) is 9.98 Å². The first kappa shape index (κ1) is 32.6. The molecule has 2 aromatic heterocycles. The third-order valence-corrected chi connectivity index (χ3v) is 14.0. The zero-order valence-electron chi connectivity index (χ0n) is 30.7. The normalized spacial score (nSPS) is 17.6. The van der Waals surface area contributed by atoms with E-state index in [9.17, 15) is 0 Å². The van der Waals surface area contributed by atoms with Gasteiger partial charge in [-0.05, 0) is 53.1 Å². The molecule has 0 saturated heterocycles. The van der Waals surface area contributed by atoms with Crippen LogP contribution in [-0.2, 0) is 0 Å². The molecule has 7 aromatic carbocycles. The summed E-state index contributed by atoms with van der Waals surface area (Å²) in [5.74, 6) is 1.99. The third-order valence-electron chi connectivity index (χ3n) is 11.7. The highest BCUT2D eigenvalue weighted by Gasteiger charge is 2.38. The number of para-hydroxylation sites is 1. The number of amidine groups is 2. The van der Waals surface area contributed by atoms with Crippen LogP contribution in [0.2, 0.25) is 0 Å². The van der Waals surface area contributed by atoms with E-state index in [-0.39, 0.29) is 12.2 Å². The van der Waals surface area contributed by atoms with Gasteiger partial charge in [0.05, 0.1) is 11.7 Å². The van der Waals surface area contributed by atoms with Gasteiger partial charge in [0.15, 0.2) is 6.17 Å². The molecule has 0 spiro atoms. The van der Waals surface area contributed by atoms with E-state index < -0.39 is 0 Å². The van der Waals surface area contributed by atoms with Gasteiger partial charge in [0.25, 0.3) is 0 Å².